The zero-order valence-electron chi connectivity index (χ0n) is 7.23. The molecule has 1 heteroatoms. The maximum absolute atomic E-state index is 5.63. The molecule has 2 rings (SSSR count). The van der Waals surface area contributed by atoms with Crippen molar-refractivity contribution in [3.63, 3.8) is 0 Å². The van der Waals surface area contributed by atoms with Gasteiger partial charge in [0.2, 0.25) is 0 Å². The molecule has 0 radical (unpaired) electrons. The lowest BCUT2D eigenvalue weighted by Gasteiger charge is -2.29. The van der Waals surface area contributed by atoms with Crippen molar-refractivity contribution in [2.45, 2.75) is 39.0 Å². The minimum atomic E-state index is 0.805. The first kappa shape index (κ1) is 7.20. The molecule has 0 spiro atoms. The monoisotopic (exact) mass is 152 g/mol. The number of hydrogen-bond acceptors (Lipinski definition) is 1. The van der Waals surface area contributed by atoms with Crippen molar-refractivity contribution in [3.8, 4) is 0 Å². The molecule has 0 saturated carbocycles. The summed E-state index contributed by atoms with van der Waals surface area (Å²) in [5.74, 6) is 2.15. The minimum absolute atomic E-state index is 0.805. The van der Waals surface area contributed by atoms with Gasteiger partial charge in [0.25, 0.3) is 0 Å². The second-order valence-corrected chi connectivity index (χ2v) is 3.69. The van der Waals surface area contributed by atoms with Crippen molar-refractivity contribution in [2.24, 2.45) is 5.92 Å². The summed E-state index contributed by atoms with van der Waals surface area (Å²) in [6.07, 6.45) is 6.47. The van der Waals surface area contributed by atoms with E-state index in [1.54, 1.807) is 5.57 Å². The molecule has 0 fully saturated rings. The summed E-state index contributed by atoms with van der Waals surface area (Å²) in [6.45, 7) is 3.29. The molecule has 1 aliphatic carbocycles. The highest BCUT2D eigenvalue weighted by molar-refractivity contribution is 5.16. The predicted molar refractivity (Wildman–Crippen MR) is 45.2 cm³/mol. The van der Waals surface area contributed by atoms with Crippen molar-refractivity contribution >= 4 is 0 Å². The molecule has 62 valence electrons. The van der Waals surface area contributed by atoms with Gasteiger partial charge in [0.1, 0.15) is 0 Å². The SMILES string of the molecule is C[C@@H]1CCOC2=C1CCCC2. The van der Waals surface area contributed by atoms with E-state index in [0.717, 1.165) is 12.5 Å². The summed E-state index contributed by atoms with van der Waals surface area (Å²) in [5.41, 5.74) is 1.63. The van der Waals surface area contributed by atoms with Gasteiger partial charge in [-0.05, 0) is 37.2 Å². The van der Waals surface area contributed by atoms with Gasteiger partial charge in [-0.2, -0.15) is 0 Å². The molecule has 0 aromatic carbocycles. The molecule has 0 bridgehead atoms. The van der Waals surface area contributed by atoms with Gasteiger partial charge in [0, 0.05) is 6.42 Å². The van der Waals surface area contributed by atoms with Gasteiger partial charge in [-0.3, -0.25) is 0 Å². The summed E-state index contributed by atoms with van der Waals surface area (Å²) in [4.78, 5) is 0. The summed E-state index contributed by atoms with van der Waals surface area (Å²) >= 11 is 0. The molecule has 0 amide bonds. The van der Waals surface area contributed by atoms with E-state index in [1.165, 1.54) is 37.9 Å². The fourth-order valence-corrected chi connectivity index (χ4v) is 2.12. The number of hydrogen-bond donors (Lipinski definition) is 0. The van der Waals surface area contributed by atoms with Crippen LogP contribution in [0.4, 0.5) is 0 Å². The van der Waals surface area contributed by atoms with E-state index < -0.39 is 0 Å². The smallest absolute Gasteiger partial charge is 0.0954 e. The Balaban J connectivity index is 2.21. The van der Waals surface area contributed by atoms with Crippen molar-refractivity contribution in [1.82, 2.24) is 0 Å². The third kappa shape index (κ3) is 1.29. The van der Waals surface area contributed by atoms with Crippen LogP contribution < -0.4 is 0 Å². The van der Waals surface area contributed by atoms with Gasteiger partial charge in [0.15, 0.2) is 0 Å². The molecule has 0 aromatic heterocycles. The van der Waals surface area contributed by atoms with Gasteiger partial charge in [-0.1, -0.05) is 6.92 Å². The quantitative estimate of drug-likeness (QED) is 0.518. The molecule has 1 heterocycles. The van der Waals surface area contributed by atoms with Gasteiger partial charge < -0.3 is 4.74 Å². The first-order valence-corrected chi connectivity index (χ1v) is 4.72. The lowest BCUT2D eigenvalue weighted by Crippen LogP contribution is -2.17. The van der Waals surface area contributed by atoms with E-state index in [0.29, 0.717) is 0 Å². The van der Waals surface area contributed by atoms with Crippen molar-refractivity contribution < 1.29 is 4.74 Å². The van der Waals surface area contributed by atoms with E-state index in [4.69, 9.17) is 4.74 Å². The number of rotatable bonds is 0. The molecule has 1 nitrogen and oxygen atoms in total. The summed E-state index contributed by atoms with van der Waals surface area (Å²) < 4.78 is 5.63. The largest absolute Gasteiger partial charge is 0.498 e. The molecular formula is C10H16O. The van der Waals surface area contributed by atoms with E-state index in [9.17, 15) is 0 Å². The van der Waals surface area contributed by atoms with Crippen LogP contribution in [-0.4, -0.2) is 6.61 Å². The van der Waals surface area contributed by atoms with Crippen molar-refractivity contribution in [2.75, 3.05) is 6.61 Å². The fraction of sp³-hybridized carbons (Fsp3) is 0.800. The topological polar surface area (TPSA) is 9.23 Å². The predicted octanol–water partition coefficient (Wildman–Crippen LogP) is 2.87. The molecule has 1 aliphatic heterocycles. The molecule has 0 aromatic rings. The van der Waals surface area contributed by atoms with Crippen LogP contribution in [0.1, 0.15) is 39.0 Å². The third-order valence-corrected chi connectivity index (χ3v) is 2.88. The first-order chi connectivity index (χ1) is 5.38. The van der Waals surface area contributed by atoms with E-state index in [2.05, 4.69) is 6.92 Å². The van der Waals surface area contributed by atoms with E-state index >= 15 is 0 Å². The van der Waals surface area contributed by atoms with Crippen LogP contribution >= 0.6 is 0 Å². The highest BCUT2D eigenvalue weighted by Gasteiger charge is 2.22. The average Bonchev–Trinajstić information content (AvgIpc) is 2.06. The highest BCUT2D eigenvalue weighted by atomic mass is 16.5. The Morgan fingerprint density at radius 3 is 2.91 bits per heavy atom. The first-order valence-electron chi connectivity index (χ1n) is 4.72. The molecule has 1 atom stereocenters. The molecular weight excluding hydrogens is 136 g/mol. The van der Waals surface area contributed by atoms with Gasteiger partial charge >= 0.3 is 0 Å². The molecule has 11 heavy (non-hydrogen) atoms. The van der Waals surface area contributed by atoms with E-state index in [-0.39, 0.29) is 0 Å². The zero-order chi connectivity index (χ0) is 7.68. The Bertz CT molecular complexity index is 177. The normalized spacial score (nSPS) is 31.2. The summed E-state index contributed by atoms with van der Waals surface area (Å²) in [7, 11) is 0. The molecule has 0 saturated heterocycles. The lowest BCUT2D eigenvalue weighted by molar-refractivity contribution is 0.149. The molecule has 2 aliphatic rings. The van der Waals surface area contributed by atoms with Crippen LogP contribution in [0.3, 0.4) is 0 Å². The maximum atomic E-state index is 5.63. The standard InChI is InChI=1S/C10H16O/c1-8-6-7-11-10-5-3-2-4-9(8)10/h8H,2-7H2,1H3/t8-/m1/s1. The van der Waals surface area contributed by atoms with Crippen LogP contribution in [0.25, 0.3) is 0 Å². The Kier molecular flexibility index (Phi) is 1.89. The van der Waals surface area contributed by atoms with Crippen LogP contribution in [-0.2, 0) is 4.74 Å². The zero-order valence-corrected chi connectivity index (χ0v) is 7.23. The maximum Gasteiger partial charge on any atom is 0.0954 e. The van der Waals surface area contributed by atoms with Crippen LogP contribution in [0.15, 0.2) is 11.3 Å². The molecule has 0 N–H and O–H groups in total. The van der Waals surface area contributed by atoms with Crippen LogP contribution in [0, 0.1) is 5.92 Å². The Morgan fingerprint density at radius 2 is 2.09 bits per heavy atom. The second kappa shape index (κ2) is 2.88. The van der Waals surface area contributed by atoms with Crippen LogP contribution in [0.2, 0.25) is 0 Å². The van der Waals surface area contributed by atoms with Crippen LogP contribution in [0.5, 0.6) is 0 Å². The van der Waals surface area contributed by atoms with Gasteiger partial charge in [0.05, 0.1) is 12.4 Å². The van der Waals surface area contributed by atoms with Crippen molar-refractivity contribution in [3.05, 3.63) is 11.3 Å². The number of ether oxygens (including phenoxy) is 1. The van der Waals surface area contributed by atoms with Gasteiger partial charge in [-0.25, -0.2) is 0 Å². The van der Waals surface area contributed by atoms with E-state index in [1.807, 2.05) is 0 Å². The Morgan fingerprint density at radius 1 is 1.27 bits per heavy atom. The minimum Gasteiger partial charge on any atom is -0.498 e. The fourth-order valence-electron chi connectivity index (χ4n) is 2.12. The third-order valence-electron chi connectivity index (χ3n) is 2.88. The number of allylic oxidation sites excluding steroid dienone is 2. The van der Waals surface area contributed by atoms with Gasteiger partial charge in [-0.15, -0.1) is 0 Å². The average molecular weight is 152 g/mol. The Hall–Kier alpha value is -0.460. The summed E-state index contributed by atoms with van der Waals surface area (Å²) in [6, 6.07) is 0. The summed E-state index contributed by atoms with van der Waals surface area (Å²) in [5, 5.41) is 0. The lowest BCUT2D eigenvalue weighted by atomic mass is 9.86. The molecule has 0 unspecified atom stereocenters. The second-order valence-electron chi connectivity index (χ2n) is 3.69. The van der Waals surface area contributed by atoms with Crippen molar-refractivity contribution in [1.29, 1.82) is 0 Å². The Labute approximate surface area is 68.4 Å². The highest BCUT2D eigenvalue weighted by Crippen LogP contribution is 2.35.